The fourth-order valence-corrected chi connectivity index (χ4v) is 5.79. The van der Waals surface area contributed by atoms with Gasteiger partial charge in [-0.25, -0.2) is 9.97 Å². The van der Waals surface area contributed by atoms with E-state index in [4.69, 9.17) is 28.2 Å². The van der Waals surface area contributed by atoms with E-state index in [0.717, 1.165) is 31.1 Å². The molecule has 0 radical (unpaired) electrons. The molecule has 4 heterocycles. The van der Waals surface area contributed by atoms with E-state index in [2.05, 4.69) is 56.3 Å². The number of piperazine rings is 1. The Balaban J connectivity index is 1.40. The summed E-state index contributed by atoms with van der Waals surface area (Å²) in [6.45, 7) is 4.13. The minimum Gasteiger partial charge on any atom is -0.369 e. The van der Waals surface area contributed by atoms with Crippen molar-refractivity contribution < 1.29 is 0 Å². The molecule has 1 fully saturated rings. The number of para-hydroxylation sites is 1. The van der Waals surface area contributed by atoms with Gasteiger partial charge in [-0.15, -0.1) is 0 Å². The number of hydrogen-bond acceptors (Lipinski definition) is 8. The van der Waals surface area contributed by atoms with Crippen LogP contribution in [0.3, 0.4) is 0 Å². The van der Waals surface area contributed by atoms with E-state index in [1.54, 1.807) is 29.1 Å². The Morgan fingerprint density at radius 2 is 1.62 bits per heavy atom. The molecule has 0 N–H and O–H groups in total. The van der Waals surface area contributed by atoms with Crippen molar-refractivity contribution in [3.05, 3.63) is 81.3 Å². The van der Waals surface area contributed by atoms with Gasteiger partial charge in [-0.2, -0.15) is 14.9 Å². The molecule has 5 aromatic rings. The summed E-state index contributed by atoms with van der Waals surface area (Å²) >= 11 is 14.3. The van der Waals surface area contributed by atoms with Crippen LogP contribution in [-0.2, 0) is 7.05 Å². The highest BCUT2D eigenvalue weighted by Gasteiger charge is 2.21. The number of halogens is 2. The number of nitrogens with zero attached hydrogens (tertiary/aromatic N) is 8. The molecule has 39 heavy (non-hydrogen) atoms. The number of hydrogen-bond donors (Lipinski definition) is 0. The Hall–Kier alpha value is -3.44. The second kappa shape index (κ2) is 10.6. The molecule has 1 aliphatic rings. The van der Waals surface area contributed by atoms with Crippen LogP contribution < -0.4 is 10.5 Å². The number of aromatic nitrogens is 6. The summed E-state index contributed by atoms with van der Waals surface area (Å²) < 4.78 is 2.86. The molecular weight excluding hydrogens is 555 g/mol. The van der Waals surface area contributed by atoms with Gasteiger partial charge >= 0.3 is 0 Å². The van der Waals surface area contributed by atoms with E-state index in [1.807, 2.05) is 13.1 Å². The molecule has 1 aliphatic heterocycles. The molecule has 0 unspecified atom stereocenters. The van der Waals surface area contributed by atoms with Crippen LogP contribution in [0.5, 0.6) is 0 Å². The van der Waals surface area contributed by atoms with Gasteiger partial charge in [0.05, 0.1) is 15.4 Å². The van der Waals surface area contributed by atoms with Crippen molar-refractivity contribution in [2.45, 2.75) is 10.1 Å². The van der Waals surface area contributed by atoms with E-state index in [9.17, 15) is 4.79 Å². The van der Waals surface area contributed by atoms with Gasteiger partial charge in [0.1, 0.15) is 22.6 Å². The number of benzene rings is 2. The molecule has 0 saturated carbocycles. The minimum absolute atomic E-state index is 0.288. The van der Waals surface area contributed by atoms with Crippen LogP contribution in [-0.4, -0.2) is 67.7 Å². The average molecular weight is 580 g/mol. The van der Waals surface area contributed by atoms with E-state index >= 15 is 0 Å². The minimum atomic E-state index is -0.423. The first-order chi connectivity index (χ1) is 18.9. The summed E-state index contributed by atoms with van der Waals surface area (Å²) in [6.07, 6.45) is 3.33. The van der Waals surface area contributed by atoms with Crippen molar-refractivity contribution in [2.24, 2.45) is 7.05 Å². The Kier molecular flexibility index (Phi) is 7.03. The first-order valence-corrected chi connectivity index (χ1v) is 13.9. The third kappa shape index (κ3) is 5.12. The average Bonchev–Trinajstić information content (AvgIpc) is 3.36. The molecule has 9 nitrogen and oxygen atoms in total. The third-order valence-electron chi connectivity index (χ3n) is 6.63. The zero-order chi connectivity index (χ0) is 27.1. The van der Waals surface area contributed by atoms with E-state index in [-0.39, 0.29) is 5.39 Å². The summed E-state index contributed by atoms with van der Waals surface area (Å²) in [5.74, 6) is 0. The standard InChI is InChI=1S/C27H24Cl2N8OS/c1-34-12-14-36(15-13-34)17-6-8-18(9-7-17)39-27-30-16-19-23(31-27)24(22-10-11-35(2)32-22)33-37(26(19)38)25-20(28)4-3-5-21(25)29/h3-11,16H,12-15H2,1-2H3. The molecule has 0 spiro atoms. The predicted octanol–water partition coefficient (Wildman–Crippen LogP) is 4.79. The summed E-state index contributed by atoms with van der Waals surface area (Å²) in [4.78, 5) is 28.6. The topological polar surface area (TPSA) is 85.0 Å². The van der Waals surface area contributed by atoms with Crippen LogP contribution in [0.4, 0.5) is 5.69 Å². The molecule has 12 heteroatoms. The van der Waals surface area contributed by atoms with Crippen LogP contribution in [0.1, 0.15) is 0 Å². The fourth-order valence-electron chi connectivity index (χ4n) is 4.51. The maximum Gasteiger partial charge on any atom is 0.282 e. The molecule has 198 valence electrons. The summed E-state index contributed by atoms with van der Waals surface area (Å²) in [5, 5.41) is 10.5. The fraction of sp³-hybridized carbons (Fsp3) is 0.222. The normalized spacial score (nSPS) is 14.3. The lowest BCUT2D eigenvalue weighted by molar-refractivity contribution is 0.313. The van der Waals surface area contributed by atoms with Crippen LogP contribution in [0.2, 0.25) is 10.0 Å². The van der Waals surface area contributed by atoms with E-state index in [1.165, 1.54) is 28.3 Å². The molecule has 6 rings (SSSR count). The van der Waals surface area contributed by atoms with Crippen LogP contribution in [0.25, 0.3) is 28.0 Å². The van der Waals surface area contributed by atoms with E-state index in [0.29, 0.717) is 37.8 Å². The first-order valence-electron chi connectivity index (χ1n) is 12.3. The molecular formula is C27H24Cl2N8OS. The second-order valence-corrected chi connectivity index (χ2v) is 11.2. The number of rotatable bonds is 5. The number of anilines is 1. The smallest absolute Gasteiger partial charge is 0.282 e. The van der Waals surface area contributed by atoms with Crippen LogP contribution in [0.15, 0.2) is 75.8 Å². The van der Waals surface area contributed by atoms with Gasteiger partial charge in [0.15, 0.2) is 5.16 Å². The predicted molar refractivity (Wildman–Crippen MR) is 155 cm³/mol. The van der Waals surface area contributed by atoms with Gasteiger partial charge in [0, 0.05) is 56.2 Å². The zero-order valence-electron chi connectivity index (χ0n) is 21.3. The quantitative estimate of drug-likeness (QED) is 0.275. The molecule has 1 saturated heterocycles. The molecule has 3 aromatic heterocycles. The van der Waals surface area contributed by atoms with Crippen molar-refractivity contribution in [3.8, 4) is 17.1 Å². The molecule has 0 atom stereocenters. The number of aryl methyl sites for hydroxylation is 1. The summed E-state index contributed by atoms with van der Waals surface area (Å²) in [6, 6.07) is 15.2. The zero-order valence-corrected chi connectivity index (χ0v) is 23.6. The highest BCUT2D eigenvalue weighted by Crippen LogP contribution is 2.32. The Labute approximate surface area is 239 Å². The van der Waals surface area contributed by atoms with Crippen molar-refractivity contribution >= 4 is 51.6 Å². The number of fused-ring (bicyclic) bond motifs is 1. The van der Waals surface area contributed by atoms with E-state index < -0.39 is 5.56 Å². The van der Waals surface area contributed by atoms with Crippen molar-refractivity contribution in [1.29, 1.82) is 0 Å². The lowest BCUT2D eigenvalue weighted by atomic mass is 10.2. The molecule has 0 bridgehead atoms. The Morgan fingerprint density at radius 3 is 2.28 bits per heavy atom. The first kappa shape index (κ1) is 25.8. The molecule has 2 aromatic carbocycles. The Morgan fingerprint density at radius 1 is 0.897 bits per heavy atom. The molecule has 0 aliphatic carbocycles. The maximum absolute atomic E-state index is 13.6. The van der Waals surface area contributed by atoms with Gasteiger partial charge in [-0.1, -0.05) is 29.3 Å². The highest BCUT2D eigenvalue weighted by molar-refractivity contribution is 7.99. The number of likely N-dealkylation sites (N-methyl/N-ethyl adjacent to an activating group) is 1. The second-order valence-electron chi connectivity index (χ2n) is 9.31. The SMILES string of the molecule is CN1CCN(c2ccc(Sc3ncc4c(=O)n(-c5c(Cl)cccc5Cl)nc(-c5ccn(C)n5)c4n3)cc2)CC1. The monoisotopic (exact) mass is 578 g/mol. The van der Waals surface area contributed by atoms with Crippen LogP contribution in [0, 0.1) is 0 Å². The van der Waals surface area contributed by atoms with Gasteiger partial charge in [-0.05, 0) is 61.3 Å². The van der Waals surface area contributed by atoms with Crippen LogP contribution >= 0.6 is 35.0 Å². The molecule has 0 amide bonds. The maximum atomic E-state index is 13.6. The summed E-state index contributed by atoms with van der Waals surface area (Å²) in [5.41, 5.74) is 2.47. The van der Waals surface area contributed by atoms with Crippen molar-refractivity contribution in [3.63, 3.8) is 0 Å². The van der Waals surface area contributed by atoms with Gasteiger partial charge in [0.25, 0.3) is 5.56 Å². The highest BCUT2D eigenvalue weighted by atomic mass is 35.5. The Bertz CT molecular complexity index is 1710. The lowest BCUT2D eigenvalue weighted by Gasteiger charge is -2.34. The summed E-state index contributed by atoms with van der Waals surface area (Å²) in [7, 11) is 3.96. The largest absolute Gasteiger partial charge is 0.369 e. The van der Waals surface area contributed by atoms with Gasteiger partial charge in [0.2, 0.25) is 0 Å². The third-order valence-corrected chi connectivity index (χ3v) is 8.13. The van der Waals surface area contributed by atoms with Crippen molar-refractivity contribution in [2.75, 3.05) is 38.1 Å². The van der Waals surface area contributed by atoms with Gasteiger partial charge < -0.3 is 9.80 Å². The van der Waals surface area contributed by atoms with Crippen molar-refractivity contribution in [1.82, 2.24) is 34.4 Å². The van der Waals surface area contributed by atoms with Gasteiger partial charge in [-0.3, -0.25) is 9.48 Å². The lowest BCUT2D eigenvalue weighted by Crippen LogP contribution is -2.44.